The summed E-state index contributed by atoms with van der Waals surface area (Å²) in [6.45, 7) is 3.26. The van der Waals surface area contributed by atoms with Gasteiger partial charge in [0.25, 0.3) is 11.8 Å². The van der Waals surface area contributed by atoms with E-state index in [0.717, 1.165) is 12.2 Å². The van der Waals surface area contributed by atoms with Gasteiger partial charge < -0.3 is 14.2 Å². The fraction of sp³-hybridized carbons (Fsp3) is 0.471. The number of amides is 1. The summed E-state index contributed by atoms with van der Waals surface area (Å²) in [6.07, 6.45) is 4.34. The molecular weight excluding hydrogens is 345 g/mol. The zero-order valence-corrected chi connectivity index (χ0v) is 14.6. The van der Waals surface area contributed by atoms with Crippen molar-refractivity contribution in [3.63, 3.8) is 0 Å². The van der Waals surface area contributed by atoms with Crippen LogP contribution in [-0.2, 0) is 6.42 Å². The second kappa shape index (κ2) is 6.33. The van der Waals surface area contributed by atoms with E-state index < -0.39 is 5.82 Å². The molecule has 132 valence electrons. The Morgan fingerprint density at radius 2 is 2.40 bits per heavy atom. The molecule has 1 unspecified atom stereocenters. The van der Waals surface area contributed by atoms with Gasteiger partial charge in [0.1, 0.15) is 17.4 Å². The monoisotopic (exact) mass is 363 g/mol. The number of ether oxygens (including phenoxy) is 1. The number of hydrogen-bond acceptors (Lipinski definition) is 6. The number of pyridine rings is 1. The topological polar surface area (TPSA) is 68.5 Å². The van der Waals surface area contributed by atoms with E-state index in [0.29, 0.717) is 30.8 Å². The molecule has 2 fully saturated rings. The van der Waals surface area contributed by atoms with Crippen molar-refractivity contribution in [2.45, 2.75) is 30.6 Å². The average molecular weight is 363 g/mol. The van der Waals surface area contributed by atoms with E-state index in [1.165, 1.54) is 24.5 Å². The van der Waals surface area contributed by atoms with Crippen LogP contribution < -0.4 is 4.74 Å². The van der Waals surface area contributed by atoms with Gasteiger partial charge >= 0.3 is 0 Å². The van der Waals surface area contributed by atoms with Gasteiger partial charge in [-0.3, -0.25) is 4.79 Å². The number of carbonyl (C=O) groups is 1. The lowest BCUT2D eigenvalue weighted by Crippen LogP contribution is -2.60. The molecule has 1 amide bonds. The zero-order valence-electron chi connectivity index (χ0n) is 13.8. The molecule has 25 heavy (non-hydrogen) atoms. The van der Waals surface area contributed by atoms with Crippen molar-refractivity contribution >= 4 is 17.7 Å². The lowest BCUT2D eigenvalue weighted by molar-refractivity contribution is 0.0512. The molecule has 0 aliphatic carbocycles. The maximum absolute atomic E-state index is 13.7. The molecule has 8 heteroatoms. The molecule has 0 bridgehead atoms. The maximum Gasteiger partial charge on any atom is 0.259 e. The predicted molar refractivity (Wildman–Crippen MR) is 90.2 cm³/mol. The predicted octanol–water partition coefficient (Wildman–Crippen LogP) is 2.55. The van der Waals surface area contributed by atoms with Crippen molar-refractivity contribution in [2.24, 2.45) is 0 Å². The van der Waals surface area contributed by atoms with Crippen LogP contribution in [0.3, 0.4) is 0 Å². The molecule has 0 aromatic carbocycles. The molecule has 4 heterocycles. The second-order valence-electron chi connectivity index (χ2n) is 6.41. The van der Waals surface area contributed by atoms with Crippen LogP contribution in [0.25, 0.3) is 0 Å². The highest BCUT2D eigenvalue weighted by Gasteiger charge is 2.51. The molecule has 0 N–H and O–H groups in total. The summed E-state index contributed by atoms with van der Waals surface area (Å²) in [5, 5.41) is 3.72. The van der Waals surface area contributed by atoms with Crippen molar-refractivity contribution < 1.29 is 18.4 Å². The Bertz CT molecular complexity index is 791. The third-order valence-electron chi connectivity index (χ3n) is 4.62. The molecule has 2 aromatic heterocycles. The van der Waals surface area contributed by atoms with Gasteiger partial charge in [-0.05, 0) is 12.1 Å². The van der Waals surface area contributed by atoms with Gasteiger partial charge in [-0.15, -0.1) is 11.8 Å². The Morgan fingerprint density at radius 3 is 3.16 bits per heavy atom. The third kappa shape index (κ3) is 2.99. The minimum absolute atomic E-state index is 0.00484. The summed E-state index contributed by atoms with van der Waals surface area (Å²) in [6, 6.07) is 2.88. The quantitative estimate of drug-likeness (QED) is 0.832. The Morgan fingerprint density at radius 1 is 1.56 bits per heavy atom. The molecule has 1 atom stereocenters. The Balaban J connectivity index is 1.36. The van der Waals surface area contributed by atoms with Crippen LogP contribution >= 0.6 is 11.8 Å². The second-order valence-corrected chi connectivity index (χ2v) is 7.89. The number of hydrogen-bond donors (Lipinski definition) is 0. The number of aryl methyl sites for hydroxylation is 1. The van der Waals surface area contributed by atoms with Crippen molar-refractivity contribution in [3.8, 4) is 5.88 Å². The highest BCUT2D eigenvalue weighted by Crippen LogP contribution is 2.46. The van der Waals surface area contributed by atoms with Gasteiger partial charge in [-0.2, -0.15) is 0 Å². The summed E-state index contributed by atoms with van der Waals surface area (Å²) in [5.74, 6) is 0.958. The van der Waals surface area contributed by atoms with Gasteiger partial charge in [0.2, 0.25) is 0 Å². The minimum Gasteiger partial charge on any atom is -0.471 e. The Kier molecular flexibility index (Phi) is 4.15. The summed E-state index contributed by atoms with van der Waals surface area (Å²) in [5.41, 5.74) is 0.545. The zero-order chi connectivity index (χ0) is 17.4. The summed E-state index contributed by atoms with van der Waals surface area (Å²) < 4.78 is 24.5. The molecule has 0 saturated carbocycles. The molecule has 2 aliphatic heterocycles. The summed E-state index contributed by atoms with van der Waals surface area (Å²) in [7, 11) is 0. The van der Waals surface area contributed by atoms with Crippen LogP contribution in [0, 0.1) is 5.82 Å². The summed E-state index contributed by atoms with van der Waals surface area (Å²) in [4.78, 5) is 18.3. The van der Waals surface area contributed by atoms with Gasteiger partial charge in [-0.1, -0.05) is 12.1 Å². The van der Waals surface area contributed by atoms with E-state index in [2.05, 4.69) is 10.1 Å². The Labute approximate surface area is 148 Å². The third-order valence-corrected chi connectivity index (χ3v) is 6.20. The molecule has 6 nitrogen and oxygen atoms in total. The van der Waals surface area contributed by atoms with Crippen molar-refractivity contribution in [2.75, 3.05) is 18.8 Å². The maximum atomic E-state index is 13.7. The van der Waals surface area contributed by atoms with E-state index in [1.54, 1.807) is 11.8 Å². The first-order valence-electron chi connectivity index (χ1n) is 8.24. The largest absolute Gasteiger partial charge is 0.471 e. The normalized spacial score (nSPS) is 21.4. The smallest absolute Gasteiger partial charge is 0.259 e. The molecular formula is C17H18FN3O3S. The van der Waals surface area contributed by atoms with Gasteiger partial charge in [0.15, 0.2) is 5.82 Å². The fourth-order valence-electron chi connectivity index (χ4n) is 3.37. The lowest BCUT2D eigenvalue weighted by Gasteiger charge is -2.47. The number of rotatable bonds is 4. The molecule has 2 aliphatic rings. The highest BCUT2D eigenvalue weighted by molar-refractivity contribution is 8.01. The number of carbonyl (C=O) groups excluding carboxylic acids is 1. The van der Waals surface area contributed by atoms with Gasteiger partial charge in [0, 0.05) is 37.9 Å². The molecule has 2 saturated heterocycles. The molecule has 0 radical (unpaired) electrons. The van der Waals surface area contributed by atoms with E-state index in [9.17, 15) is 9.18 Å². The molecule has 4 rings (SSSR count). The van der Waals surface area contributed by atoms with Gasteiger partial charge in [0.05, 0.1) is 10.9 Å². The van der Waals surface area contributed by atoms with E-state index in [1.807, 2.05) is 11.8 Å². The van der Waals surface area contributed by atoms with Crippen LogP contribution in [0.4, 0.5) is 4.39 Å². The van der Waals surface area contributed by atoms with E-state index in [-0.39, 0.29) is 22.6 Å². The number of likely N-dealkylation sites (tertiary alicyclic amines) is 1. The standard InChI is InChI=1S/C17H18FN3O3S/c1-2-14-12(7-20-24-14)16(22)21-9-17(10-21)6-11(8-25-17)23-15-13(18)4-3-5-19-15/h3-5,7,11H,2,6,8-10H2,1H3. The first kappa shape index (κ1) is 16.4. The Hall–Kier alpha value is -2.09. The molecule has 2 aromatic rings. The summed E-state index contributed by atoms with van der Waals surface area (Å²) >= 11 is 1.78. The van der Waals surface area contributed by atoms with Crippen molar-refractivity contribution in [1.29, 1.82) is 0 Å². The van der Waals surface area contributed by atoms with Crippen LogP contribution in [0.15, 0.2) is 29.0 Å². The first-order valence-corrected chi connectivity index (χ1v) is 9.23. The number of aromatic nitrogens is 2. The van der Waals surface area contributed by atoms with Crippen LogP contribution in [0.2, 0.25) is 0 Å². The van der Waals surface area contributed by atoms with Crippen LogP contribution in [-0.4, -0.2) is 50.6 Å². The van der Waals surface area contributed by atoms with E-state index >= 15 is 0 Å². The SMILES string of the molecule is CCc1oncc1C(=O)N1CC2(CC(Oc3ncccc3F)CS2)C1. The van der Waals surface area contributed by atoms with Crippen molar-refractivity contribution in [3.05, 3.63) is 41.7 Å². The number of nitrogens with zero attached hydrogens (tertiary/aromatic N) is 3. The lowest BCUT2D eigenvalue weighted by atomic mass is 9.92. The average Bonchev–Trinajstić information content (AvgIpc) is 3.22. The molecule has 1 spiro atoms. The van der Waals surface area contributed by atoms with Gasteiger partial charge in [-0.25, -0.2) is 9.37 Å². The first-order chi connectivity index (χ1) is 12.1. The van der Waals surface area contributed by atoms with Crippen LogP contribution in [0.5, 0.6) is 5.88 Å². The van der Waals surface area contributed by atoms with Crippen LogP contribution in [0.1, 0.15) is 29.5 Å². The fourth-order valence-corrected chi connectivity index (χ4v) is 4.89. The number of thioether (sulfide) groups is 1. The minimum atomic E-state index is -0.446. The number of halogens is 1. The van der Waals surface area contributed by atoms with Crippen molar-refractivity contribution in [1.82, 2.24) is 15.0 Å². The van der Waals surface area contributed by atoms with E-state index in [4.69, 9.17) is 9.26 Å². The highest BCUT2D eigenvalue weighted by atomic mass is 32.2.